The summed E-state index contributed by atoms with van der Waals surface area (Å²) < 4.78 is 0. The molecule has 0 fully saturated rings. The van der Waals surface area contributed by atoms with Crippen molar-refractivity contribution in [1.29, 1.82) is 0 Å². The van der Waals surface area contributed by atoms with Gasteiger partial charge in [0.2, 0.25) is 0 Å². The van der Waals surface area contributed by atoms with Crippen LogP contribution in [0.25, 0.3) is 10.9 Å². The lowest BCUT2D eigenvalue weighted by Gasteiger charge is -2.36. The van der Waals surface area contributed by atoms with Gasteiger partial charge in [-0.2, -0.15) is 0 Å². The maximum atomic E-state index is 12.8. The molecule has 0 atom stereocenters. The lowest BCUT2D eigenvalue weighted by molar-refractivity contribution is -0.128. The Hall–Kier alpha value is -1.74. The number of pyridine rings is 1. The largest absolute Gasteiger partial charge is 0.297 e. The minimum Gasteiger partial charge on any atom is -0.297 e. The number of hydrogen-bond acceptors (Lipinski definition) is 3. The highest BCUT2D eigenvalue weighted by Crippen LogP contribution is 2.22. The number of benzene rings is 1. The highest BCUT2D eigenvalue weighted by Gasteiger charge is 2.32. The van der Waals surface area contributed by atoms with E-state index < -0.39 is 5.54 Å². The molecule has 0 radical (unpaired) electrons. The SMILES string of the molecule is CCN(CC)C(C)(C)C(=O)Cc1ccnc2ccccc12. The minimum atomic E-state index is -0.437. The fourth-order valence-electron chi connectivity index (χ4n) is 2.89. The number of nitrogens with zero attached hydrogens (tertiary/aromatic N) is 2. The van der Waals surface area contributed by atoms with Gasteiger partial charge >= 0.3 is 0 Å². The van der Waals surface area contributed by atoms with Gasteiger partial charge in [-0.25, -0.2) is 0 Å². The van der Waals surface area contributed by atoms with E-state index in [1.165, 1.54) is 0 Å². The Labute approximate surface area is 127 Å². The third-order valence-corrected chi connectivity index (χ3v) is 4.33. The first-order chi connectivity index (χ1) is 10.0. The Balaban J connectivity index is 2.30. The third kappa shape index (κ3) is 3.13. The van der Waals surface area contributed by atoms with Crippen molar-refractivity contribution < 1.29 is 4.79 Å². The van der Waals surface area contributed by atoms with Gasteiger partial charge in [-0.3, -0.25) is 14.7 Å². The second-order valence-electron chi connectivity index (χ2n) is 5.82. The first-order valence-corrected chi connectivity index (χ1v) is 7.61. The van der Waals surface area contributed by atoms with Gasteiger partial charge in [0.1, 0.15) is 0 Å². The van der Waals surface area contributed by atoms with Crippen molar-refractivity contribution >= 4 is 16.7 Å². The topological polar surface area (TPSA) is 33.2 Å². The summed E-state index contributed by atoms with van der Waals surface area (Å²) in [5, 5.41) is 1.07. The van der Waals surface area contributed by atoms with Crippen LogP contribution >= 0.6 is 0 Å². The molecule has 0 aliphatic heterocycles. The average molecular weight is 284 g/mol. The van der Waals surface area contributed by atoms with E-state index in [0.29, 0.717) is 6.42 Å². The number of fused-ring (bicyclic) bond motifs is 1. The molecule has 1 aromatic heterocycles. The number of hydrogen-bond donors (Lipinski definition) is 0. The second kappa shape index (κ2) is 6.35. The Kier molecular flexibility index (Phi) is 4.73. The summed E-state index contributed by atoms with van der Waals surface area (Å²) in [5.41, 5.74) is 1.57. The normalized spacial score (nSPS) is 12.0. The predicted octanol–water partition coefficient (Wildman–Crippen LogP) is 3.47. The number of aromatic nitrogens is 1. The van der Waals surface area contributed by atoms with Crippen LogP contribution in [0, 0.1) is 0 Å². The van der Waals surface area contributed by atoms with Crippen LogP contribution in [-0.2, 0) is 11.2 Å². The van der Waals surface area contributed by atoms with Crippen LogP contribution in [0.4, 0.5) is 0 Å². The zero-order valence-corrected chi connectivity index (χ0v) is 13.4. The molecule has 0 amide bonds. The molecule has 1 aromatic carbocycles. The van der Waals surface area contributed by atoms with Crippen LogP contribution in [0.3, 0.4) is 0 Å². The van der Waals surface area contributed by atoms with E-state index in [4.69, 9.17) is 0 Å². The summed E-state index contributed by atoms with van der Waals surface area (Å²) in [6.07, 6.45) is 2.24. The van der Waals surface area contributed by atoms with Gasteiger partial charge in [0.05, 0.1) is 11.1 Å². The van der Waals surface area contributed by atoms with Gasteiger partial charge in [-0.15, -0.1) is 0 Å². The van der Waals surface area contributed by atoms with Crippen LogP contribution in [-0.4, -0.2) is 34.3 Å². The molecule has 2 rings (SSSR count). The van der Waals surface area contributed by atoms with Crippen molar-refractivity contribution in [2.75, 3.05) is 13.1 Å². The first-order valence-electron chi connectivity index (χ1n) is 7.61. The predicted molar refractivity (Wildman–Crippen MR) is 87.5 cm³/mol. The van der Waals surface area contributed by atoms with Crippen molar-refractivity contribution in [3.63, 3.8) is 0 Å². The fraction of sp³-hybridized carbons (Fsp3) is 0.444. The van der Waals surface area contributed by atoms with Gasteiger partial charge in [-0.1, -0.05) is 32.0 Å². The molecule has 0 bridgehead atoms. The Bertz CT molecular complexity index is 625. The minimum absolute atomic E-state index is 0.252. The molecule has 21 heavy (non-hydrogen) atoms. The lowest BCUT2D eigenvalue weighted by atomic mass is 9.90. The van der Waals surface area contributed by atoms with Gasteiger partial charge in [0, 0.05) is 18.0 Å². The zero-order chi connectivity index (χ0) is 15.5. The van der Waals surface area contributed by atoms with E-state index >= 15 is 0 Å². The summed E-state index contributed by atoms with van der Waals surface area (Å²) in [6, 6.07) is 9.95. The van der Waals surface area contributed by atoms with Crippen LogP contribution in [0.15, 0.2) is 36.5 Å². The maximum Gasteiger partial charge on any atom is 0.156 e. The number of Topliss-reactive ketones (excluding diaryl/α,β-unsaturated/α-hetero) is 1. The quantitative estimate of drug-likeness (QED) is 0.814. The molecular weight excluding hydrogens is 260 g/mol. The van der Waals surface area contributed by atoms with Gasteiger partial charge in [0.25, 0.3) is 0 Å². The van der Waals surface area contributed by atoms with Crippen molar-refractivity contribution in [2.24, 2.45) is 0 Å². The van der Waals surface area contributed by atoms with Gasteiger partial charge < -0.3 is 0 Å². The summed E-state index contributed by atoms with van der Waals surface area (Å²) in [6.45, 7) is 10.00. The maximum absolute atomic E-state index is 12.8. The standard InChI is InChI=1S/C18H24N2O/c1-5-20(6-2)18(3,4)17(21)13-14-11-12-19-16-10-8-7-9-15(14)16/h7-12H,5-6,13H2,1-4H3. The molecule has 1 heterocycles. The van der Waals surface area contributed by atoms with E-state index in [0.717, 1.165) is 29.6 Å². The monoisotopic (exact) mass is 284 g/mol. The van der Waals surface area contributed by atoms with Crippen LogP contribution in [0.2, 0.25) is 0 Å². The molecule has 2 aromatic rings. The summed E-state index contributed by atoms with van der Waals surface area (Å²) in [4.78, 5) is 19.3. The van der Waals surface area contributed by atoms with Crippen molar-refractivity contribution in [3.05, 3.63) is 42.1 Å². The number of carbonyl (C=O) groups excluding carboxylic acids is 1. The number of ketones is 1. The Morgan fingerprint density at radius 3 is 2.48 bits per heavy atom. The number of carbonyl (C=O) groups is 1. The smallest absolute Gasteiger partial charge is 0.156 e. The van der Waals surface area contributed by atoms with Crippen LogP contribution < -0.4 is 0 Å². The number of rotatable bonds is 6. The number of likely N-dealkylation sites (N-methyl/N-ethyl adjacent to an activating group) is 1. The molecule has 0 spiro atoms. The number of para-hydroxylation sites is 1. The van der Waals surface area contributed by atoms with E-state index in [9.17, 15) is 4.79 Å². The molecule has 0 aliphatic carbocycles. The fourth-order valence-corrected chi connectivity index (χ4v) is 2.89. The summed E-state index contributed by atoms with van der Waals surface area (Å²) in [7, 11) is 0. The Morgan fingerprint density at radius 1 is 1.14 bits per heavy atom. The summed E-state index contributed by atoms with van der Waals surface area (Å²) >= 11 is 0. The van der Waals surface area contributed by atoms with Crippen LogP contribution in [0.1, 0.15) is 33.3 Å². The zero-order valence-electron chi connectivity index (χ0n) is 13.4. The molecule has 112 valence electrons. The van der Waals surface area contributed by atoms with Crippen LogP contribution in [0.5, 0.6) is 0 Å². The molecule has 0 unspecified atom stereocenters. The van der Waals surface area contributed by atoms with Crippen molar-refractivity contribution in [2.45, 2.75) is 39.7 Å². The third-order valence-electron chi connectivity index (χ3n) is 4.33. The molecule has 3 nitrogen and oxygen atoms in total. The lowest BCUT2D eigenvalue weighted by Crippen LogP contribution is -2.50. The molecule has 0 N–H and O–H groups in total. The molecule has 0 aliphatic rings. The van der Waals surface area contributed by atoms with E-state index in [1.807, 2.05) is 44.2 Å². The Morgan fingerprint density at radius 2 is 1.81 bits per heavy atom. The molecule has 3 heteroatoms. The van der Waals surface area contributed by atoms with E-state index in [1.54, 1.807) is 6.20 Å². The van der Waals surface area contributed by atoms with E-state index in [2.05, 4.69) is 23.7 Å². The van der Waals surface area contributed by atoms with Crippen molar-refractivity contribution in [3.8, 4) is 0 Å². The summed E-state index contributed by atoms with van der Waals surface area (Å²) in [5.74, 6) is 0.252. The highest BCUT2D eigenvalue weighted by atomic mass is 16.1. The first kappa shape index (κ1) is 15.6. The molecule has 0 saturated carbocycles. The van der Waals surface area contributed by atoms with E-state index in [-0.39, 0.29) is 5.78 Å². The highest BCUT2D eigenvalue weighted by molar-refractivity contribution is 5.93. The van der Waals surface area contributed by atoms with Gasteiger partial charge in [0.15, 0.2) is 5.78 Å². The second-order valence-corrected chi connectivity index (χ2v) is 5.82. The molecule has 0 saturated heterocycles. The van der Waals surface area contributed by atoms with Crippen molar-refractivity contribution in [1.82, 2.24) is 9.88 Å². The average Bonchev–Trinajstić information content (AvgIpc) is 2.48. The van der Waals surface area contributed by atoms with Gasteiger partial charge in [-0.05, 0) is 44.6 Å². The molecular formula is C18H24N2O.